The predicted octanol–water partition coefficient (Wildman–Crippen LogP) is 5.34. The minimum absolute atomic E-state index is 0.00533. The molecule has 0 spiro atoms. The van der Waals surface area contributed by atoms with Gasteiger partial charge in [-0.05, 0) is 36.4 Å². The quantitative estimate of drug-likeness (QED) is 0.412. The minimum atomic E-state index is -0.293. The third-order valence-corrected chi connectivity index (χ3v) is 6.31. The van der Waals surface area contributed by atoms with Crippen LogP contribution in [0, 0.1) is 0 Å². The smallest absolute Gasteiger partial charge is 0.234 e. The van der Waals surface area contributed by atoms with Crippen LogP contribution in [0.25, 0.3) is 0 Å². The summed E-state index contributed by atoms with van der Waals surface area (Å²) in [6.45, 7) is 0. The molecule has 0 saturated heterocycles. The topological polar surface area (TPSA) is 88.9 Å². The maximum absolute atomic E-state index is 12.3. The summed E-state index contributed by atoms with van der Waals surface area (Å²) in [5.41, 5.74) is 0.949. The molecule has 0 bridgehead atoms. The molecule has 7 nitrogen and oxygen atoms in total. The Morgan fingerprint density at radius 1 is 0.935 bits per heavy atom. The molecule has 3 aromatic rings. The van der Waals surface area contributed by atoms with Gasteiger partial charge in [0.05, 0.1) is 32.9 Å². The summed E-state index contributed by atoms with van der Waals surface area (Å²) in [4.78, 5) is 24.5. The first-order valence-electron chi connectivity index (χ1n) is 8.74. The van der Waals surface area contributed by atoms with Gasteiger partial charge in [0, 0.05) is 17.8 Å². The fourth-order valence-electron chi connectivity index (χ4n) is 2.46. The molecule has 0 unspecified atom stereocenters. The number of anilines is 2. The Labute approximate surface area is 202 Å². The maximum Gasteiger partial charge on any atom is 0.234 e. The number of amides is 2. The summed E-state index contributed by atoms with van der Waals surface area (Å²) in [6, 6.07) is 9.61. The average Bonchev–Trinajstić information content (AvgIpc) is 3.05. The molecule has 3 rings (SSSR count). The van der Waals surface area contributed by atoms with Crippen molar-refractivity contribution in [3.63, 3.8) is 0 Å². The zero-order chi connectivity index (χ0) is 22.5. The van der Waals surface area contributed by atoms with Crippen molar-refractivity contribution in [3.8, 4) is 0 Å². The third-order valence-electron chi connectivity index (χ3n) is 3.98. The number of carbonyl (C=O) groups excluding carboxylic acids is 2. The summed E-state index contributed by atoms with van der Waals surface area (Å²) >= 11 is 25.0. The van der Waals surface area contributed by atoms with E-state index in [1.165, 1.54) is 11.8 Å². The van der Waals surface area contributed by atoms with Gasteiger partial charge in [-0.25, -0.2) is 0 Å². The van der Waals surface area contributed by atoms with E-state index >= 15 is 0 Å². The second-order valence-electron chi connectivity index (χ2n) is 6.27. The first-order valence-corrected chi connectivity index (χ1v) is 11.2. The molecule has 162 valence electrons. The predicted molar refractivity (Wildman–Crippen MR) is 126 cm³/mol. The Morgan fingerprint density at radius 2 is 1.68 bits per heavy atom. The third kappa shape index (κ3) is 6.51. The van der Waals surface area contributed by atoms with E-state index in [0.717, 1.165) is 0 Å². The lowest BCUT2D eigenvalue weighted by Gasteiger charge is -2.08. The molecular formula is C19H15Cl4N5O2S. The molecule has 1 heterocycles. The van der Waals surface area contributed by atoms with Gasteiger partial charge >= 0.3 is 0 Å². The Kier molecular flexibility index (Phi) is 8.07. The molecule has 0 saturated carbocycles. The number of benzene rings is 2. The Balaban J connectivity index is 1.55. The summed E-state index contributed by atoms with van der Waals surface area (Å²) in [6.07, 6.45) is -0.00533. The van der Waals surface area contributed by atoms with Crippen LogP contribution in [0.3, 0.4) is 0 Å². The van der Waals surface area contributed by atoms with Crippen molar-refractivity contribution >= 4 is 81.4 Å². The highest BCUT2D eigenvalue weighted by molar-refractivity contribution is 7.99. The zero-order valence-corrected chi connectivity index (χ0v) is 19.8. The Morgan fingerprint density at radius 3 is 2.42 bits per heavy atom. The van der Waals surface area contributed by atoms with Gasteiger partial charge in [0.15, 0.2) is 5.16 Å². The van der Waals surface area contributed by atoms with Crippen molar-refractivity contribution in [1.82, 2.24) is 14.8 Å². The van der Waals surface area contributed by atoms with E-state index in [1.54, 1.807) is 48.0 Å². The van der Waals surface area contributed by atoms with Crippen molar-refractivity contribution in [2.75, 3.05) is 16.4 Å². The maximum atomic E-state index is 12.3. The number of aromatic nitrogens is 3. The van der Waals surface area contributed by atoms with Crippen LogP contribution in [0.4, 0.5) is 11.4 Å². The molecule has 12 heteroatoms. The van der Waals surface area contributed by atoms with Crippen molar-refractivity contribution < 1.29 is 9.59 Å². The van der Waals surface area contributed by atoms with E-state index in [4.69, 9.17) is 46.4 Å². The summed E-state index contributed by atoms with van der Waals surface area (Å²) < 4.78 is 1.65. The number of hydrogen-bond acceptors (Lipinski definition) is 5. The standard InChI is InChI=1S/C19H15Cl4N5O2S/c1-28-16(8-17(29)24-11-3-5-12(21)14(23)7-11)26-27-19(28)31-9-18(30)25-15-6-10(20)2-4-13(15)22/h2-7H,8-9H2,1H3,(H,24,29)(H,25,30). The molecule has 2 N–H and O–H groups in total. The summed E-state index contributed by atoms with van der Waals surface area (Å²) in [7, 11) is 1.72. The number of carbonyl (C=O) groups is 2. The van der Waals surface area contributed by atoms with Crippen LogP contribution in [-0.4, -0.2) is 32.3 Å². The molecule has 0 fully saturated rings. The van der Waals surface area contributed by atoms with Gasteiger partial charge in [0.25, 0.3) is 0 Å². The molecule has 31 heavy (non-hydrogen) atoms. The largest absolute Gasteiger partial charge is 0.326 e. The lowest BCUT2D eigenvalue weighted by Crippen LogP contribution is -2.17. The van der Waals surface area contributed by atoms with Crippen molar-refractivity contribution in [2.45, 2.75) is 11.6 Å². The molecular weight excluding hydrogens is 504 g/mol. The van der Waals surface area contributed by atoms with Crippen LogP contribution in [0.15, 0.2) is 41.6 Å². The lowest BCUT2D eigenvalue weighted by atomic mass is 10.3. The van der Waals surface area contributed by atoms with Crippen LogP contribution in [0.5, 0.6) is 0 Å². The van der Waals surface area contributed by atoms with E-state index in [0.29, 0.717) is 42.4 Å². The molecule has 2 amide bonds. The number of hydrogen-bond donors (Lipinski definition) is 2. The molecule has 0 radical (unpaired) electrons. The van der Waals surface area contributed by atoms with Crippen molar-refractivity contribution in [3.05, 3.63) is 62.3 Å². The molecule has 0 aliphatic carbocycles. The number of thioether (sulfide) groups is 1. The summed E-state index contributed by atoms with van der Waals surface area (Å²) in [5.74, 6) is -0.0576. The van der Waals surface area contributed by atoms with Gasteiger partial charge < -0.3 is 15.2 Å². The van der Waals surface area contributed by atoms with Crippen LogP contribution >= 0.6 is 58.2 Å². The van der Waals surface area contributed by atoms with E-state index < -0.39 is 0 Å². The fourth-order valence-corrected chi connectivity index (χ4v) is 3.82. The highest BCUT2D eigenvalue weighted by Crippen LogP contribution is 2.26. The second-order valence-corrected chi connectivity index (χ2v) is 8.87. The number of halogens is 4. The van der Waals surface area contributed by atoms with Crippen molar-refractivity contribution in [1.29, 1.82) is 0 Å². The molecule has 0 aliphatic rings. The highest BCUT2D eigenvalue weighted by Gasteiger charge is 2.15. The normalized spacial score (nSPS) is 10.7. The second kappa shape index (κ2) is 10.6. The van der Waals surface area contributed by atoms with Gasteiger partial charge in [0.2, 0.25) is 11.8 Å². The van der Waals surface area contributed by atoms with E-state index in [1.807, 2.05) is 0 Å². The molecule has 1 aromatic heterocycles. The number of nitrogens with zero attached hydrogens (tertiary/aromatic N) is 3. The van der Waals surface area contributed by atoms with Crippen LogP contribution in [0.1, 0.15) is 5.82 Å². The zero-order valence-electron chi connectivity index (χ0n) is 16.0. The Hall–Kier alpha value is -1.97. The first-order chi connectivity index (χ1) is 14.7. The van der Waals surface area contributed by atoms with Crippen molar-refractivity contribution in [2.24, 2.45) is 7.05 Å². The van der Waals surface area contributed by atoms with Gasteiger partial charge in [-0.1, -0.05) is 58.2 Å². The van der Waals surface area contributed by atoms with Gasteiger partial charge in [-0.2, -0.15) is 0 Å². The van der Waals surface area contributed by atoms with E-state index in [-0.39, 0.29) is 24.0 Å². The van der Waals surface area contributed by atoms with E-state index in [2.05, 4.69) is 20.8 Å². The van der Waals surface area contributed by atoms with Gasteiger partial charge in [-0.3, -0.25) is 9.59 Å². The number of nitrogens with one attached hydrogen (secondary N) is 2. The molecule has 0 atom stereocenters. The average molecular weight is 519 g/mol. The first kappa shape index (κ1) is 23.7. The summed E-state index contributed by atoms with van der Waals surface area (Å²) in [5, 5.41) is 15.6. The van der Waals surface area contributed by atoms with Crippen LogP contribution in [0.2, 0.25) is 20.1 Å². The SMILES string of the molecule is Cn1c(CC(=O)Nc2ccc(Cl)c(Cl)c2)nnc1SCC(=O)Nc1cc(Cl)ccc1Cl. The minimum Gasteiger partial charge on any atom is -0.326 e. The van der Waals surface area contributed by atoms with Crippen LogP contribution in [-0.2, 0) is 23.1 Å². The van der Waals surface area contributed by atoms with Gasteiger partial charge in [0.1, 0.15) is 5.82 Å². The van der Waals surface area contributed by atoms with Crippen LogP contribution < -0.4 is 10.6 Å². The Bertz CT molecular complexity index is 1140. The van der Waals surface area contributed by atoms with E-state index in [9.17, 15) is 9.59 Å². The molecule has 0 aliphatic heterocycles. The fraction of sp³-hybridized carbons (Fsp3) is 0.158. The number of rotatable bonds is 7. The lowest BCUT2D eigenvalue weighted by molar-refractivity contribution is -0.116. The monoisotopic (exact) mass is 517 g/mol. The molecule has 2 aromatic carbocycles. The highest BCUT2D eigenvalue weighted by atomic mass is 35.5. The van der Waals surface area contributed by atoms with Gasteiger partial charge in [-0.15, -0.1) is 10.2 Å².